The lowest BCUT2D eigenvalue weighted by atomic mass is 10.2. The third-order valence-electron chi connectivity index (χ3n) is 3.87. The van der Waals surface area contributed by atoms with E-state index >= 15 is 0 Å². The second-order valence-corrected chi connectivity index (χ2v) is 6.07. The summed E-state index contributed by atoms with van der Waals surface area (Å²) >= 11 is 0. The van der Waals surface area contributed by atoms with Crippen molar-refractivity contribution in [3.63, 3.8) is 0 Å². The van der Waals surface area contributed by atoms with Crippen LogP contribution in [0.25, 0.3) is 5.82 Å². The molecule has 0 unspecified atom stereocenters. The molecular weight excluding hydrogens is 316 g/mol. The maximum atomic E-state index is 12.1. The van der Waals surface area contributed by atoms with E-state index in [4.69, 9.17) is 0 Å². The molecule has 0 saturated heterocycles. The fraction of sp³-hybridized carbons (Fsp3) is 0.333. The molecular formula is C18H22N6O. The molecule has 0 fully saturated rings. The lowest BCUT2D eigenvalue weighted by molar-refractivity contribution is 0.0946. The molecule has 0 aliphatic carbocycles. The van der Waals surface area contributed by atoms with E-state index in [-0.39, 0.29) is 5.91 Å². The number of nitrogens with zero attached hydrogens (tertiary/aromatic N) is 4. The average Bonchev–Trinajstić information content (AvgIpc) is 3.20. The number of aryl methyl sites for hydroxylation is 3. The van der Waals surface area contributed by atoms with E-state index in [1.165, 1.54) is 0 Å². The first-order chi connectivity index (χ1) is 12.1. The van der Waals surface area contributed by atoms with Crippen LogP contribution in [-0.4, -0.2) is 30.9 Å². The molecule has 0 radical (unpaired) electrons. The van der Waals surface area contributed by atoms with Gasteiger partial charge in [0.05, 0.1) is 5.69 Å². The van der Waals surface area contributed by atoms with E-state index in [9.17, 15) is 4.79 Å². The van der Waals surface area contributed by atoms with Gasteiger partial charge >= 0.3 is 0 Å². The van der Waals surface area contributed by atoms with E-state index in [1.807, 2.05) is 32.0 Å². The van der Waals surface area contributed by atoms with Crippen LogP contribution in [-0.2, 0) is 13.0 Å². The van der Waals surface area contributed by atoms with Gasteiger partial charge in [0.15, 0.2) is 5.82 Å². The van der Waals surface area contributed by atoms with Gasteiger partial charge in [-0.1, -0.05) is 19.4 Å². The van der Waals surface area contributed by atoms with E-state index in [0.29, 0.717) is 12.2 Å². The molecule has 3 aromatic heterocycles. The standard InChI is InChI=1S/C18H22N6O/c1-4-5-15-9-16(22-21-15)18(25)20-11-14-6-7-17(19-10-14)24-13(3)8-12(2)23-24/h6-10H,4-5,11H2,1-3H3,(H,20,25)(H,21,22). The number of pyridine rings is 1. The third-order valence-corrected chi connectivity index (χ3v) is 3.87. The highest BCUT2D eigenvalue weighted by atomic mass is 16.1. The minimum atomic E-state index is -0.193. The first kappa shape index (κ1) is 16.9. The highest BCUT2D eigenvalue weighted by Gasteiger charge is 2.10. The zero-order valence-electron chi connectivity index (χ0n) is 14.7. The highest BCUT2D eigenvalue weighted by molar-refractivity contribution is 5.92. The van der Waals surface area contributed by atoms with Crippen LogP contribution in [0.4, 0.5) is 0 Å². The number of aromatic nitrogens is 5. The fourth-order valence-electron chi connectivity index (χ4n) is 2.66. The van der Waals surface area contributed by atoms with Crippen molar-refractivity contribution in [3.8, 4) is 5.82 Å². The Bertz CT molecular complexity index is 862. The van der Waals surface area contributed by atoms with E-state index in [1.54, 1.807) is 16.9 Å². The summed E-state index contributed by atoms with van der Waals surface area (Å²) in [5, 5.41) is 14.2. The molecule has 7 heteroatoms. The quantitative estimate of drug-likeness (QED) is 0.723. The van der Waals surface area contributed by atoms with Crippen molar-refractivity contribution in [1.29, 1.82) is 0 Å². The lowest BCUT2D eigenvalue weighted by Gasteiger charge is -2.06. The largest absolute Gasteiger partial charge is 0.347 e. The molecule has 130 valence electrons. The molecule has 0 bridgehead atoms. The summed E-state index contributed by atoms with van der Waals surface area (Å²) in [6.07, 6.45) is 3.65. The molecule has 2 N–H and O–H groups in total. The van der Waals surface area contributed by atoms with Crippen LogP contribution in [0, 0.1) is 13.8 Å². The molecule has 7 nitrogen and oxygen atoms in total. The summed E-state index contributed by atoms with van der Waals surface area (Å²) in [6, 6.07) is 7.64. The van der Waals surface area contributed by atoms with Crippen LogP contribution in [0.3, 0.4) is 0 Å². The lowest BCUT2D eigenvalue weighted by Crippen LogP contribution is -2.23. The van der Waals surface area contributed by atoms with Gasteiger partial charge in [0.1, 0.15) is 5.69 Å². The Morgan fingerprint density at radius 3 is 2.76 bits per heavy atom. The van der Waals surface area contributed by atoms with Gasteiger partial charge < -0.3 is 5.32 Å². The van der Waals surface area contributed by atoms with Crippen LogP contribution in [0.2, 0.25) is 0 Å². The minimum Gasteiger partial charge on any atom is -0.347 e. The number of rotatable bonds is 6. The Morgan fingerprint density at radius 2 is 2.12 bits per heavy atom. The van der Waals surface area contributed by atoms with Gasteiger partial charge in [-0.25, -0.2) is 9.67 Å². The number of nitrogens with one attached hydrogen (secondary N) is 2. The molecule has 1 amide bonds. The molecule has 0 spiro atoms. The van der Waals surface area contributed by atoms with Crippen molar-refractivity contribution in [3.05, 3.63) is 58.8 Å². The van der Waals surface area contributed by atoms with Crippen LogP contribution in [0.15, 0.2) is 30.5 Å². The van der Waals surface area contributed by atoms with Crippen LogP contribution in [0.1, 0.15) is 46.5 Å². The molecule has 3 rings (SSSR count). The van der Waals surface area contributed by atoms with Gasteiger partial charge in [-0.2, -0.15) is 10.2 Å². The van der Waals surface area contributed by atoms with Crippen molar-refractivity contribution in [2.45, 2.75) is 40.2 Å². The molecule has 0 aliphatic rings. The smallest absolute Gasteiger partial charge is 0.272 e. The Kier molecular flexibility index (Phi) is 4.92. The second-order valence-electron chi connectivity index (χ2n) is 6.07. The first-order valence-electron chi connectivity index (χ1n) is 8.38. The SMILES string of the molecule is CCCc1cc(C(=O)NCc2ccc(-n3nc(C)cc3C)nc2)n[nH]1. The number of amides is 1. The number of carbonyl (C=O) groups excluding carboxylic acids is 1. The zero-order chi connectivity index (χ0) is 17.8. The molecule has 25 heavy (non-hydrogen) atoms. The van der Waals surface area contributed by atoms with Gasteiger partial charge in [-0.3, -0.25) is 9.89 Å². The van der Waals surface area contributed by atoms with Gasteiger partial charge in [0.2, 0.25) is 0 Å². The Labute approximate surface area is 146 Å². The summed E-state index contributed by atoms with van der Waals surface area (Å²) in [6.45, 7) is 6.43. The first-order valence-corrected chi connectivity index (χ1v) is 8.38. The third kappa shape index (κ3) is 3.93. The van der Waals surface area contributed by atoms with Crippen LogP contribution in [0.5, 0.6) is 0 Å². The molecule has 0 aliphatic heterocycles. The topological polar surface area (TPSA) is 88.5 Å². The molecule has 0 atom stereocenters. The fourth-order valence-corrected chi connectivity index (χ4v) is 2.66. The van der Waals surface area contributed by atoms with Crippen molar-refractivity contribution >= 4 is 5.91 Å². The van der Waals surface area contributed by atoms with Crippen LogP contribution < -0.4 is 5.32 Å². The number of H-pyrrole nitrogens is 1. The zero-order valence-corrected chi connectivity index (χ0v) is 14.7. The monoisotopic (exact) mass is 338 g/mol. The van der Waals surface area contributed by atoms with Crippen molar-refractivity contribution in [2.24, 2.45) is 0 Å². The highest BCUT2D eigenvalue weighted by Crippen LogP contribution is 2.10. The Morgan fingerprint density at radius 1 is 1.28 bits per heavy atom. The van der Waals surface area contributed by atoms with E-state index in [2.05, 4.69) is 32.5 Å². The normalized spacial score (nSPS) is 10.8. The summed E-state index contributed by atoms with van der Waals surface area (Å²) in [7, 11) is 0. The Balaban J connectivity index is 1.61. The van der Waals surface area contributed by atoms with Crippen molar-refractivity contribution in [1.82, 2.24) is 30.3 Å². The van der Waals surface area contributed by atoms with Gasteiger partial charge in [-0.05, 0) is 44.0 Å². The number of aromatic amines is 1. The summed E-state index contributed by atoms with van der Waals surface area (Å²) < 4.78 is 1.80. The summed E-state index contributed by atoms with van der Waals surface area (Å²) in [5.41, 5.74) is 4.30. The predicted octanol–water partition coefficient (Wildman–Crippen LogP) is 2.49. The van der Waals surface area contributed by atoms with Gasteiger partial charge in [0.25, 0.3) is 5.91 Å². The maximum Gasteiger partial charge on any atom is 0.272 e. The number of carbonyl (C=O) groups is 1. The number of hydrogen-bond acceptors (Lipinski definition) is 4. The molecule has 0 saturated carbocycles. The van der Waals surface area contributed by atoms with E-state index < -0.39 is 0 Å². The molecule has 0 aromatic carbocycles. The number of hydrogen-bond donors (Lipinski definition) is 2. The van der Waals surface area contributed by atoms with Gasteiger partial charge in [-0.15, -0.1) is 0 Å². The average molecular weight is 338 g/mol. The summed E-state index contributed by atoms with van der Waals surface area (Å²) in [4.78, 5) is 16.6. The second kappa shape index (κ2) is 7.29. The van der Waals surface area contributed by atoms with E-state index in [0.717, 1.165) is 41.3 Å². The van der Waals surface area contributed by atoms with Crippen molar-refractivity contribution in [2.75, 3.05) is 0 Å². The maximum absolute atomic E-state index is 12.1. The molecule has 3 heterocycles. The van der Waals surface area contributed by atoms with Crippen molar-refractivity contribution < 1.29 is 4.79 Å². The molecule has 3 aromatic rings. The summed E-state index contributed by atoms with van der Waals surface area (Å²) in [5.74, 6) is 0.568. The predicted molar refractivity (Wildman–Crippen MR) is 94.6 cm³/mol. The Hall–Kier alpha value is -2.96. The van der Waals surface area contributed by atoms with Crippen LogP contribution >= 0.6 is 0 Å². The minimum absolute atomic E-state index is 0.193. The van der Waals surface area contributed by atoms with Gasteiger partial charge in [0, 0.05) is 24.1 Å².